The van der Waals surface area contributed by atoms with Crippen molar-refractivity contribution in [2.24, 2.45) is 0 Å². The van der Waals surface area contributed by atoms with Crippen LogP contribution in [-0.4, -0.2) is 17.1 Å². The van der Waals surface area contributed by atoms with Crippen LogP contribution in [0.3, 0.4) is 0 Å². The summed E-state index contributed by atoms with van der Waals surface area (Å²) in [6.45, 7) is 0.806. The Labute approximate surface area is 67.1 Å². The van der Waals surface area contributed by atoms with E-state index in [1.165, 1.54) is 0 Å². The molecule has 1 aromatic carbocycles. The molecular formula is C9H12NO-. The minimum absolute atomic E-state index is 0.306. The molecule has 0 aliphatic carbocycles. The van der Waals surface area contributed by atoms with Crippen LogP contribution < -0.4 is 0 Å². The lowest BCUT2D eigenvalue weighted by Crippen LogP contribution is -2.07. The van der Waals surface area contributed by atoms with Crippen LogP contribution in [0.15, 0.2) is 24.3 Å². The van der Waals surface area contributed by atoms with E-state index in [-0.39, 0.29) is 0 Å². The smallest absolute Gasteiger partial charge is 0.115 e. The zero-order valence-corrected chi connectivity index (χ0v) is 6.62. The van der Waals surface area contributed by atoms with E-state index in [1.807, 2.05) is 24.1 Å². The summed E-state index contributed by atoms with van der Waals surface area (Å²) in [5, 5.41) is 8.96. The largest absolute Gasteiger partial charge is 0.508 e. The van der Waals surface area contributed by atoms with Crippen LogP contribution in [0.4, 0.5) is 0 Å². The van der Waals surface area contributed by atoms with Gasteiger partial charge in [-0.2, -0.15) is 0 Å². The molecule has 0 fully saturated rings. The molecule has 0 atom stereocenters. The van der Waals surface area contributed by atoms with E-state index in [0.717, 1.165) is 12.1 Å². The summed E-state index contributed by atoms with van der Waals surface area (Å²) in [6.07, 6.45) is 0. The molecule has 0 aliphatic rings. The summed E-state index contributed by atoms with van der Waals surface area (Å²) in [5.41, 5.74) is 1.15. The fourth-order valence-corrected chi connectivity index (χ4v) is 0.913. The molecule has 1 N–H and O–H groups in total. The second kappa shape index (κ2) is 3.39. The molecule has 0 saturated carbocycles. The molecule has 0 spiro atoms. The first kappa shape index (κ1) is 8.08. The van der Waals surface area contributed by atoms with Crippen LogP contribution >= 0.6 is 0 Å². The Morgan fingerprint density at radius 2 is 1.91 bits per heavy atom. The molecule has 0 heterocycles. The molecule has 0 aromatic heterocycles. The average molecular weight is 150 g/mol. The lowest BCUT2D eigenvalue weighted by Gasteiger charge is -2.17. The van der Waals surface area contributed by atoms with Crippen LogP contribution in [-0.2, 0) is 6.54 Å². The van der Waals surface area contributed by atoms with Gasteiger partial charge in [-0.1, -0.05) is 12.1 Å². The number of phenolic OH excluding ortho intramolecular Hbond substituents is 1. The van der Waals surface area contributed by atoms with Gasteiger partial charge in [0.1, 0.15) is 5.75 Å². The first-order valence-electron chi connectivity index (χ1n) is 3.48. The molecule has 60 valence electrons. The van der Waals surface area contributed by atoms with Gasteiger partial charge in [0.25, 0.3) is 0 Å². The SMILES string of the molecule is [CH2-]N(C)Cc1ccc(O)cc1. The fourth-order valence-electron chi connectivity index (χ4n) is 0.913. The van der Waals surface area contributed by atoms with Crippen LogP contribution in [0.2, 0.25) is 0 Å². The first-order valence-corrected chi connectivity index (χ1v) is 3.48. The second-order valence-electron chi connectivity index (χ2n) is 2.68. The summed E-state index contributed by atoms with van der Waals surface area (Å²) in [6, 6.07) is 7.13. The predicted octanol–water partition coefficient (Wildman–Crippen LogP) is 1.62. The first-order chi connectivity index (χ1) is 5.18. The van der Waals surface area contributed by atoms with Crippen molar-refractivity contribution in [2.45, 2.75) is 6.54 Å². The van der Waals surface area contributed by atoms with Gasteiger partial charge in [-0.15, -0.1) is 0 Å². The van der Waals surface area contributed by atoms with E-state index in [0.29, 0.717) is 5.75 Å². The molecule has 2 nitrogen and oxygen atoms in total. The molecule has 2 heteroatoms. The average Bonchev–Trinajstić information content (AvgIpc) is 1.93. The van der Waals surface area contributed by atoms with Crippen LogP contribution in [0.1, 0.15) is 5.56 Å². The zero-order chi connectivity index (χ0) is 8.27. The Morgan fingerprint density at radius 3 is 2.36 bits per heavy atom. The number of benzene rings is 1. The van der Waals surface area contributed by atoms with Gasteiger partial charge in [0.2, 0.25) is 0 Å². The third-order valence-corrected chi connectivity index (χ3v) is 1.39. The molecule has 0 unspecified atom stereocenters. The highest BCUT2D eigenvalue weighted by Gasteiger charge is 1.90. The molecule has 0 radical (unpaired) electrons. The van der Waals surface area contributed by atoms with Crippen LogP contribution in [0.5, 0.6) is 5.75 Å². The number of hydrogen-bond acceptors (Lipinski definition) is 2. The molecule has 11 heavy (non-hydrogen) atoms. The summed E-state index contributed by atoms with van der Waals surface area (Å²) in [4.78, 5) is 1.84. The number of nitrogens with zero attached hydrogens (tertiary/aromatic N) is 1. The van der Waals surface area contributed by atoms with Crippen LogP contribution in [0.25, 0.3) is 0 Å². The highest BCUT2D eigenvalue weighted by molar-refractivity contribution is 5.25. The van der Waals surface area contributed by atoms with Crippen molar-refractivity contribution in [1.82, 2.24) is 4.90 Å². The molecular weight excluding hydrogens is 138 g/mol. The van der Waals surface area contributed by atoms with Gasteiger partial charge in [0, 0.05) is 0 Å². The summed E-state index contributed by atoms with van der Waals surface area (Å²) in [5.74, 6) is 0.306. The summed E-state index contributed by atoms with van der Waals surface area (Å²) in [7, 11) is 5.64. The van der Waals surface area contributed by atoms with Crippen molar-refractivity contribution in [3.8, 4) is 5.75 Å². The predicted molar refractivity (Wildman–Crippen MR) is 44.9 cm³/mol. The van der Waals surface area contributed by atoms with E-state index in [1.54, 1.807) is 12.1 Å². The topological polar surface area (TPSA) is 23.5 Å². The molecule has 0 saturated heterocycles. The van der Waals surface area contributed by atoms with Gasteiger partial charge in [0.15, 0.2) is 0 Å². The lowest BCUT2D eigenvalue weighted by atomic mass is 10.2. The second-order valence-corrected chi connectivity index (χ2v) is 2.68. The maximum absolute atomic E-state index is 8.96. The van der Waals surface area contributed by atoms with Gasteiger partial charge < -0.3 is 10.0 Å². The summed E-state index contributed by atoms with van der Waals surface area (Å²) < 4.78 is 0. The van der Waals surface area contributed by atoms with E-state index in [2.05, 4.69) is 7.05 Å². The van der Waals surface area contributed by atoms with Crippen molar-refractivity contribution in [2.75, 3.05) is 7.05 Å². The number of rotatable bonds is 2. The van der Waals surface area contributed by atoms with E-state index in [9.17, 15) is 0 Å². The normalized spacial score (nSPS) is 10.5. The minimum Gasteiger partial charge on any atom is -0.508 e. The van der Waals surface area contributed by atoms with E-state index >= 15 is 0 Å². The Bertz CT molecular complexity index is 216. The summed E-state index contributed by atoms with van der Waals surface area (Å²) >= 11 is 0. The zero-order valence-electron chi connectivity index (χ0n) is 6.62. The number of hydrogen-bond donors (Lipinski definition) is 1. The highest BCUT2D eigenvalue weighted by atomic mass is 16.3. The van der Waals surface area contributed by atoms with Gasteiger partial charge in [-0.25, -0.2) is 0 Å². The van der Waals surface area contributed by atoms with Crippen molar-refractivity contribution in [1.29, 1.82) is 0 Å². The van der Waals surface area contributed by atoms with Crippen molar-refractivity contribution in [3.63, 3.8) is 0 Å². The Kier molecular flexibility index (Phi) is 2.49. The highest BCUT2D eigenvalue weighted by Crippen LogP contribution is 2.10. The fraction of sp³-hybridized carbons (Fsp3) is 0.222. The lowest BCUT2D eigenvalue weighted by molar-refractivity contribution is 0.443. The maximum Gasteiger partial charge on any atom is 0.115 e. The molecule has 0 aliphatic heterocycles. The maximum atomic E-state index is 8.96. The van der Waals surface area contributed by atoms with Crippen molar-refractivity contribution < 1.29 is 5.11 Å². The Balaban J connectivity index is 2.66. The van der Waals surface area contributed by atoms with Gasteiger partial charge in [-0.05, 0) is 31.3 Å². The number of aromatic hydroxyl groups is 1. The van der Waals surface area contributed by atoms with Gasteiger partial charge >= 0.3 is 0 Å². The third kappa shape index (κ3) is 2.60. The quantitative estimate of drug-likeness (QED) is 0.647. The Morgan fingerprint density at radius 1 is 1.36 bits per heavy atom. The third-order valence-electron chi connectivity index (χ3n) is 1.39. The van der Waals surface area contributed by atoms with Crippen molar-refractivity contribution >= 4 is 0 Å². The minimum atomic E-state index is 0.306. The van der Waals surface area contributed by atoms with Gasteiger partial charge in [0.05, 0.1) is 0 Å². The van der Waals surface area contributed by atoms with Crippen LogP contribution in [0, 0.1) is 7.05 Å². The molecule has 1 aromatic rings. The van der Waals surface area contributed by atoms with E-state index in [4.69, 9.17) is 5.11 Å². The Hall–Kier alpha value is -1.02. The van der Waals surface area contributed by atoms with Gasteiger partial charge in [-0.3, -0.25) is 7.05 Å². The molecule has 1 rings (SSSR count). The van der Waals surface area contributed by atoms with E-state index < -0.39 is 0 Å². The number of phenols is 1. The molecule has 0 amide bonds. The molecule has 0 bridgehead atoms. The standard InChI is InChI=1S/C9H12NO/c1-10(2)7-8-3-5-9(11)6-4-8/h3-6,11H,1,7H2,2H3/q-1. The van der Waals surface area contributed by atoms with Crippen molar-refractivity contribution in [3.05, 3.63) is 36.9 Å². The monoisotopic (exact) mass is 150 g/mol.